The second-order valence-corrected chi connectivity index (χ2v) is 11.9. The number of carbonyl (C=O) groups is 3. The fraction of sp³-hybridized carbons (Fsp3) is 0.325. The van der Waals surface area contributed by atoms with E-state index in [0.717, 1.165) is 33.4 Å². The molecule has 0 N–H and O–H groups in total. The average Bonchev–Trinajstić information content (AvgIpc) is 3.07. The highest BCUT2D eigenvalue weighted by Gasteiger charge is 2.18. The van der Waals surface area contributed by atoms with Gasteiger partial charge in [-0.05, 0) is 113 Å². The summed E-state index contributed by atoms with van der Waals surface area (Å²) in [7, 11) is 0. The van der Waals surface area contributed by atoms with E-state index in [9.17, 15) is 14.4 Å². The first-order valence-corrected chi connectivity index (χ1v) is 16.1. The Labute approximate surface area is 289 Å². The van der Waals surface area contributed by atoms with Crippen molar-refractivity contribution < 1.29 is 42.8 Å². The first-order valence-electron chi connectivity index (χ1n) is 16.1. The molecule has 0 saturated carbocycles. The lowest BCUT2D eigenvalue weighted by Gasteiger charge is -2.20. The summed E-state index contributed by atoms with van der Waals surface area (Å²) in [6.07, 6.45) is 5.48. The molecule has 260 valence electrons. The van der Waals surface area contributed by atoms with Gasteiger partial charge in [0.15, 0.2) is 19.8 Å². The third-order valence-corrected chi connectivity index (χ3v) is 6.92. The molecule has 0 aliphatic carbocycles. The van der Waals surface area contributed by atoms with Crippen LogP contribution in [0.3, 0.4) is 0 Å². The zero-order valence-corrected chi connectivity index (χ0v) is 29.2. The summed E-state index contributed by atoms with van der Waals surface area (Å²) in [5, 5.41) is 0. The standard InChI is InChI=1S/C40H46O9/c1-28(2)19-22-44-37(41)25-47-34-13-7-31(8-14-34)40(32-9-15-35(16-10-32)48-26-38(42)45-23-20-29(3)4)33-11-17-36(18-12-33)49-27-39(43)46-24-21-30(5)6/h7-21,40H,22-27H2,1-6H3. The Kier molecular flexibility index (Phi) is 15.7. The first-order chi connectivity index (χ1) is 23.5. The van der Waals surface area contributed by atoms with Crippen molar-refractivity contribution in [2.75, 3.05) is 39.6 Å². The van der Waals surface area contributed by atoms with Crippen LogP contribution in [0.5, 0.6) is 17.2 Å². The molecule has 0 fully saturated rings. The highest BCUT2D eigenvalue weighted by atomic mass is 16.6. The fourth-order valence-corrected chi connectivity index (χ4v) is 4.30. The van der Waals surface area contributed by atoms with Crippen molar-refractivity contribution in [3.05, 3.63) is 124 Å². The minimum absolute atomic E-state index is 0.200. The predicted octanol–water partition coefficient (Wildman–Crippen LogP) is 7.53. The normalized spacial score (nSPS) is 10.3. The Morgan fingerprint density at radius 3 is 0.918 bits per heavy atom. The topological polar surface area (TPSA) is 107 Å². The van der Waals surface area contributed by atoms with Crippen LogP contribution < -0.4 is 14.2 Å². The van der Waals surface area contributed by atoms with Gasteiger partial charge in [-0.1, -0.05) is 53.1 Å². The third-order valence-electron chi connectivity index (χ3n) is 6.92. The third kappa shape index (κ3) is 14.6. The van der Waals surface area contributed by atoms with Gasteiger partial charge in [-0.15, -0.1) is 0 Å². The molecule has 0 bridgehead atoms. The molecular weight excluding hydrogens is 624 g/mol. The minimum atomic E-state index is -0.452. The number of allylic oxidation sites excluding steroid dienone is 3. The molecule has 0 aromatic heterocycles. The van der Waals surface area contributed by atoms with Gasteiger partial charge in [0, 0.05) is 5.92 Å². The molecule has 3 aromatic carbocycles. The second-order valence-electron chi connectivity index (χ2n) is 11.9. The molecule has 0 atom stereocenters. The summed E-state index contributed by atoms with van der Waals surface area (Å²) in [5.74, 6) is 0.0322. The molecule has 9 heteroatoms. The molecular formula is C40H46O9. The van der Waals surface area contributed by atoms with Gasteiger partial charge in [0.25, 0.3) is 0 Å². The largest absolute Gasteiger partial charge is 0.482 e. The van der Waals surface area contributed by atoms with Gasteiger partial charge in [-0.25, -0.2) is 14.4 Å². The molecule has 0 aliphatic heterocycles. The zero-order chi connectivity index (χ0) is 35.6. The van der Waals surface area contributed by atoms with Crippen molar-refractivity contribution in [2.24, 2.45) is 0 Å². The Balaban J connectivity index is 1.74. The number of rotatable bonds is 18. The molecule has 3 aromatic rings. The zero-order valence-electron chi connectivity index (χ0n) is 29.2. The number of benzene rings is 3. The van der Waals surface area contributed by atoms with Gasteiger partial charge in [0.1, 0.15) is 37.1 Å². The van der Waals surface area contributed by atoms with Gasteiger partial charge in [-0.2, -0.15) is 0 Å². The Hall–Kier alpha value is -5.31. The van der Waals surface area contributed by atoms with Gasteiger partial charge < -0.3 is 28.4 Å². The van der Waals surface area contributed by atoms with E-state index in [1.165, 1.54) is 0 Å². The van der Waals surface area contributed by atoms with Crippen LogP contribution >= 0.6 is 0 Å². The van der Waals surface area contributed by atoms with Crippen LogP contribution in [0.4, 0.5) is 0 Å². The summed E-state index contributed by atoms with van der Waals surface area (Å²) in [5.41, 5.74) is 6.08. The van der Waals surface area contributed by atoms with E-state index in [4.69, 9.17) is 28.4 Å². The maximum Gasteiger partial charge on any atom is 0.344 e. The molecule has 0 heterocycles. The van der Waals surface area contributed by atoms with Crippen molar-refractivity contribution in [3.8, 4) is 17.2 Å². The molecule has 3 rings (SSSR count). The maximum absolute atomic E-state index is 12.1. The van der Waals surface area contributed by atoms with Crippen molar-refractivity contribution in [1.82, 2.24) is 0 Å². The van der Waals surface area contributed by atoms with Crippen LogP contribution in [-0.2, 0) is 28.6 Å². The Bertz CT molecular complexity index is 1390. The molecule has 0 radical (unpaired) electrons. The number of hydrogen-bond donors (Lipinski definition) is 0. The molecule has 0 saturated heterocycles. The molecule has 9 nitrogen and oxygen atoms in total. The van der Waals surface area contributed by atoms with Gasteiger partial charge in [0.2, 0.25) is 0 Å². The predicted molar refractivity (Wildman–Crippen MR) is 188 cm³/mol. The average molecular weight is 671 g/mol. The van der Waals surface area contributed by atoms with Crippen molar-refractivity contribution in [2.45, 2.75) is 47.5 Å². The van der Waals surface area contributed by atoms with E-state index < -0.39 is 17.9 Å². The number of esters is 3. The van der Waals surface area contributed by atoms with Gasteiger partial charge in [0.05, 0.1) is 0 Å². The number of ether oxygens (including phenoxy) is 6. The fourth-order valence-electron chi connectivity index (χ4n) is 4.30. The highest BCUT2D eigenvalue weighted by molar-refractivity contribution is 5.72. The monoisotopic (exact) mass is 670 g/mol. The van der Waals surface area contributed by atoms with E-state index in [0.29, 0.717) is 17.2 Å². The van der Waals surface area contributed by atoms with Crippen LogP contribution in [0.15, 0.2) is 108 Å². The lowest BCUT2D eigenvalue weighted by Crippen LogP contribution is -2.15. The smallest absolute Gasteiger partial charge is 0.344 e. The summed E-state index contributed by atoms with van der Waals surface area (Å²) in [6, 6.07) is 22.5. The summed E-state index contributed by atoms with van der Waals surface area (Å²) < 4.78 is 32.5. The maximum atomic E-state index is 12.1. The van der Waals surface area contributed by atoms with Crippen LogP contribution in [0.1, 0.15) is 64.2 Å². The molecule has 0 unspecified atom stereocenters. The van der Waals surface area contributed by atoms with Crippen molar-refractivity contribution in [3.63, 3.8) is 0 Å². The van der Waals surface area contributed by atoms with E-state index in [1.54, 1.807) is 0 Å². The van der Waals surface area contributed by atoms with Crippen LogP contribution in [0.2, 0.25) is 0 Å². The van der Waals surface area contributed by atoms with E-state index >= 15 is 0 Å². The quantitative estimate of drug-likeness (QED) is 0.0588. The summed E-state index contributed by atoms with van der Waals surface area (Å²) in [6.45, 7) is 11.6. The molecule has 0 spiro atoms. The highest BCUT2D eigenvalue weighted by Crippen LogP contribution is 2.34. The van der Waals surface area contributed by atoms with Crippen LogP contribution in [0.25, 0.3) is 0 Å². The van der Waals surface area contributed by atoms with Gasteiger partial charge >= 0.3 is 17.9 Å². The first kappa shape index (κ1) is 38.1. The Morgan fingerprint density at radius 1 is 0.449 bits per heavy atom. The number of hydrogen-bond acceptors (Lipinski definition) is 9. The van der Waals surface area contributed by atoms with Crippen LogP contribution in [0, 0.1) is 0 Å². The lowest BCUT2D eigenvalue weighted by atomic mass is 9.85. The summed E-state index contributed by atoms with van der Waals surface area (Å²) >= 11 is 0. The lowest BCUT2D eigenvalue weighted by molar-refractivity contribution is -0.145. The Morgan fingerprint density at radius 2 is 0.694 bits per heavy atom. The minimum Gasteiger partial charge on any atom is -0.482 e. The van der Waals surface area contributed by atoms with E-state index in [1.807, 2.05) is 133 Å². The SMILES string of the molecule is CC(C)=CCOC(=O)COc1ccc(C(c2ccc(OCC(=O)OCC=C(C)C)cc2)c2ccc(OCC(=O)OCC=C(C)C)cc2)cc1. The van der Waals surface area contributed by atoms with Crippen molar-refractivity contribution in [1.29, 1.82) is 0 Å². The van der Waals surface area contributed by atoms with E-state index in [-0.39, 0.29) is 45.6 Å². The molecule has 0 aliphatic rings. The molecule has 0 amide bonds. The molecule has 49 heavy (non-hydrogen) atoms. The van der Waals surface area contributed by atoms with Crippen LogP contribution in [-0.4, -0.2) is 57.5 Å². The number of carbonyl (C=O) groups excluding carboxylic acids is 3. The second kappa shape index (κ2) is 20.1. The van der Waals surface area contributed by atoms with Gasteiger partial charge in [-0.3, -0.25) is 0 Å². The summed E-state index contributed by atoms with van der Waals surface area (Å²) in [4.78, 5) is 36.2. The van der Waals surface area contributed by atoms with E-state index in [2.05, 4.69) is 0 Å². The van der Waals surface area contributed by atoms with Crippen molar-refractivity contribution >= 4 is 17.9 Å².